The van der Waals surface area contributed by atoms with Gasteiger partial charge in [0.2, 0.25) is 5.91 Å². The fourth-order valence-corrected chi connectivity index (χ4v) is 2.35. The fraction of sp³-hybridized carbons (Fsp3) is 0.400. The normalized spacial score (nSPS) is 13.2. The lowest BCUT2D eigenvalue weighted by Crippen LogP contribution is -2.38. The molecule has 124 valence electrons. The molecule has 0 aromatic heterocycles. The van der Waals surface area contributed by atoms with Gasteiger partial charge in [0.1, 0.15) is 12.4 Å². The van der Waals surface area contributed by atoms with E-state index in [4.69, 9.17) is 9.84 Å². The summed E-state index contributed by atoms with van der Waals surface area (Å²) in [7, 11) is 1.42. The summed E-state index contributed by atoms with van der Waals surface area (Å²) >= 11 is 0. The van der Waals surface area contributed by atoms with E-state index in [-0.39, 0.29) is 31.0 Å². The molecule has 0 saturated carbocycles. The van der Waals surface area contributed by atoms with Gasteiger partial charge in [0, 0.05) is 25.8 Å². The number of anilines is 1. The average molecular weight is 324 g/mol. The van der Waals surface area contributed by atoms with Crippen molar-refractivity contribution in [1.82, 2.24) is 4.90 Å². The van der Waals surface area contributed by atoms with Crippen molar-refractivity contribution in [3.63, 3.8) is 0 Å². The Bertz CT molecular complexity index is 647. The Morgan fingerprint density at radius 2 is 2.13 bits per heavy atom. The number of hydrogen-bond acceptors (Lipinski definition) is 4. The van der Waals surface area contributed by atoms with Gasteiger partial charge in [0.05, 0.1) is 12.2 Å². The van der Waals surface area contributed by atoms with Gasteiger partial charge in [0.15, 0.2) is 0 Å². The first-order valence-electron chi connectivity index (χ1n) is 7.04. The Morgan fingerprint density at radius 1 is 1.39 bits per heavy atom. The van der Waals surface area contributed by atoms with Crippen LogP contribution in [0.15, 0.2) is 12.1 Å². The number of carboxylic acid groups (broad SMARTS) is 1. The summed E-state index contributed by atoms with van der Waals surface area (Å²) in [5.41, 5.74) is 0.783. The number of hydrogen-bond donors (Lipinski definition) is 2. The molecular weight excluding hydrogens is 307 g/mol. The fourth-order valence-electron chi connectivity index (χ4n) is 2.35. The molecule has 1 aromatic carbocycles. The molecule has 0 aliphatic carbocycles. The Kier molecular flexibility index (Phi) is 5.28. The van der Waals surface area contributed by atoms with Crippen LogP contribution in [0.25, 0.3) is 0 Å². The van der Waals surface area contributed by atoms with Crippen molar-refractivity contribution in [1.29, 1.82) is 0 Å². The minimum atomic E-state index is -1.19. The molecular formula is C15H17FN2O5. The first-order valence-corrected chi connectivity index (χ1v) is 7.04. The highest BCUT2D eigenvalue weighted by Gasteiger charge is 2.24. The smallest absolute Gasteiger partial charge is 0.323 e. The first-order chi connectivity index (χ1) is 10.9. The quantitative estimate of drug-likeness (QED) is 0.810. The second-order valence-corrected chi connectivity index (χ2v) is 5.15. The summed E-state index contributed by atoms with van der Waals surface area (Å²) in [5, 5.41) is 11.4. The maximum Gasteiger partial charge on any atom is 0.323 e. The van der Waals surface area contributed by atoms with Gasteiger partial charge < -0.3 is 20.1 Å². The number of methoxy groups -OCH3 is 1. The number of carbonyl (C=O) groups is 3. The predicted molar refractivity (Wildman–Crippen MR) is 78.8 cm³/mol. The number of carbonyl (C=O) groups excluding carboxylic acids is 2. The van der Waals surface area contributed by atoms with Crippen molar-refractivity contribution in [3.8, 4) is 0 Å². The molecule has 1 aliphatic rings. The minimum Gasteiger partial charge on any atom is -0.480 e. The topological polar surface area (TPSA) is 95.9 Å². The van der Waals surface area contributed by atoms with Gasteiger partial charge in [0.25, 0.3) is 5.91 Å². The number of halogens is 1. The van der Waals surface area contributed by atoms with E-state index in [1.807, 2.05) is 0 Å². The third-order valence-electron chi connectivity index (χ3n) is 3.50. The molecule has 0 fully saturated rings. The highest BCUT2D eigenvalue weighted by Crippen LogP contribution is 2.26. The highest BCUT2D eigenvalue weighted by atomic mass is 19.1. The Labute approximate surface area is 132 Å². The maximum absolute atomic E-state index is 14.2. The van der Waals surface area contributed by atoms with E-state index in [1.54, 1.807) is 0 Å². The summed E-state index contributed by atoms with van der Waals surface area (Å²) in [5.74, 6) is -2.92. The maximum atomic E-state index is 14.2. The Hall–Kier alpha value is -2.48. The SMILES string of the molecule is COCCN(CC(=O)O)C(=O)c1cc2c(cc1F)NC(=O)CC2. The second-order valence-electron chi connectivity index (χ2n) is 5.15. The van der Waals surface area contributed by atoms with Crippen LogP contribution in [-0.2, 0) is 20.7 Å². The number of nitrogens with zero attached hydrogens (tertiary/aromatic N) is 1. The summed E-state index contributed by atoms with van der Waals surface area (Å²) in [6, 6.07) is 2.46. The van der Waals surface area contributed by atoms with E-state index in [0.29, 0.717) is 17.7 Å². The van der Waals surface area contributed by atoms with Crippen molar-refractivity contribution in [2.24, 2.45) is 0 Å². The number of aryl methyl sites for hydroxylation is 1. The van der Waals surface area contributed by atoms with Crippen molar-refractivity contribution in [2.45, 2.75) is 12.8 Å². The standard InChI is InChI=1S/C15H17FN2O5/c1-23-5-4-18(8-14(20)21)15(22)10-6-9-2-3-13(19)17-12(9)7-11(10)16/h6-7H,2-5,8H2,1H3,(H,17,19)(H,20,21). The largest absolute Gasteiger partial charge is 0.480 e. The third-order valence-corrected chi connectivity index (χ3v) is 3.50. The molecule has 0 radical (unpaired) electrons. The van der Waals surface area contributed by atoms with Gasteiger partial charge in [-0.3, -0.25) is 14.4 Å². The van der Waals surface area contributed by atoms with E-state index in [1.165, 1.54) is 13.2 Å². The van der Waals surface area contributed by atoms with E-state index in [9.17, 15) is 18.8 Å². The number of ether oxygens (including phenoxy) is 1. The molecule has 1 heterocycles. The summed E-state index contributed by atoms with van der Waals surface area (Å²) in [4.78, 5) is 35.7. The zero-order valence-electron chi connectivity index (χ0n) is 12.6. The van der Waals surface area contributed by atoms with Crippen LogP contribution in [0, 0.1) is 5.82 Å². The van der Waals surface area contributed by atoms with Gasteiger partial charge in [-0.05, 0) is 24.1 Å². The molecule has 23 heavy (non-hydrogen) atoms. The molecule has 0 bridgehead atoms. The molecule has 0 saturated heterocycles. The Morgan fingerprint density at radius 3 is 2.78 bits per heavy atom. The van der Waals surface area contributed by atoms with Crippen LogP contribution >= 0.6 is 0 Å². The van der Waals surface area contributed by atoms with Crippen LogP contribution in [-0.4, -0.2) is 54.6 Å². The molecule has 0 spiro atoms. The van der Waals surface area contributed by atoms with Crippen LogP contribution < -0.4 is 5.32 Å². The van der Waals surface area contributed by atoms with Crippen molar-refractivity contribution < 1.29 is 28.6 Å². The van der Waals surface area contributed by atoms with E-state index < -0.39 is 24.2 Å². The second kappa shape index (κ2) is 7.19. The zero-order valence-corrected chi connectivity index (χ0v) is 12.6. The van der Waals surface area contributed by atoms with Gasteiger partial charge in [-0.1, -0.05) is 0 Å². The van der Waals surface area contributed by atoms with Crippen molar-refractivity contribution in [2.75, 3.05) is 32.1 Å². The summed E-state index contributed by atoms with van der Waals surface area (Å²) in [6.07, 6.45) is 0.660. The van der Waals surface area contributed by atoms with Gasteiger partial charge in [-0.15, -0.1) is 0 Å². The van der Waals surface area contributed by atoms with Gasteiger partial charge in [-0.25, -0.2) is 4.39 Å². The van der Waals surface area contributed by atoms with Gasteiger partial charge >= 0.3 is 5.97 Å². The monoisotopic (exact) mass is 324 g/mol. The molecule has 2 N–H and O–H groups in total. The lowest BCUT2D eigenvalue weighted by molar-refractivity contribution is -0.137. The molecule has 1 aliphatic heterocycles. The molecule has 1 aromatic rings. The minimum absolute atomic E-state index is 0.0366. The van der Waals surface area contributed by atoms with Crippen LogP contribution in [0.5, 0.6) is 0 Å². The van der Waals surface area contributed by atoms with Crippen LogP contribution in [0.4, 0.5) is 10.1 Å². The Balaban J connectivity index is 2.29. The van der Waals surface area contributed by atoms with Crippen LogP contribution in [0.1, 0.15) is 22.3 Å². The molecule has 7 nitrogen and oxygen atoms in total. The first kappa shape index (κ1) is 16.9. The van der Waals surface area contributed by atoms with E-state index in [0.717, 1.165) is 11.0 Å². The lowest BCUT2D eigenvalue weighted by Gasteiger charge is -2.22. The molecule has 0 unspecified atom stereocenters. The van der Waals surface area contributed by atoms with Gasteiger partial charge in [-0.2, -0.15) is 0 Å². The third kappa shape index (κ3) is 4.04. The zero-order chi connectivity index (χ0) is 17.0. The van der Waals surface area contributed by atoms with Crippen molar-refractivity contribution in [3.05, 3.63) is 29.1 Å². The molecule has 8 heteroatoms. The number of aliphatic carboxylic acids is 1. The number of nitrogens with one attached hydrogen (secondary N) is 1. The lowest BCUT2D eigenvalue weighted by atomic mass is 9.99. The summed E-state index contributed by atoms with van der Waals surface area (Å²) < 4.78 is 19.0. The molecule has 2 rings (SSSR count). The van der Waals surface area contributed by atoms with E-state index >= 15 is 0 Å². The molecule has 0 atom stereocenters. The number of amides is 2. The highest BCUT2D eigenvalue weighted by molar-refractivity contribution is 5.99. The predicted octanol–water partition coefficient (Wildman–Crippen LogP) is 0.884. The van der Waals surface area contributed by atoms with E-state index in [2.05, 4.69) is 5.32 Å². The molecule has 2 amide bonds. The summed E-state index contributed by atoms with van der Waals surface area (Å²) in [6.45, 7) is -0.369. The number of fused-ring (bicyclic) bond motifs is 1. The number of carboxylic acids is 1. The average Bonchev–Trinajstić information content (AvgIpc) is 2.49. The number of rotatable bonds is 6. The number of benzene rings is 1. The van der Waals surface area contributed by atoms with Crippen LogP contribution in [0.2, 0.25) is 0 Å². The van der Waals surface area contributed by atoms with Crippen molar-refractivity contribution >= 4 is 23.5 Å². The van der Waals surface area contributed by atoms with Crippen LogP contribution in [0.3, 0.4) is 0 Å².